The SMILES string of the molecule is COCCCOc1cc2c(cc1Cl)-c1cc(=O)c(C(=O)O)cn1N1CCC(C)(C)[C@@H]21. The van der Waals surface area contributed by atoms with E-state index in [-0.39, 0.29) is 17.0 Å². The van der Waals surface area contributed by atoms with Crippen LogP contribution in [0.5, 0.6) is 5.75 Å². The van der Waals surface area contributed by atoms with Crippen LogP contribution in [-0.2, 0) is 4.74 Å². The van der Waals surface area contributed by atoms with Crippen LogP contribution in [-0.4, -0.2) is 42.6 Å². The van der Waals surface area contributed by atoms with Gasteiger partial charge in [0.05, 0.1) is 23.4 Å². The number of hydrogen-bond donors (Lipinski definition) is 1. The normalized spacial score (nSPS) is 18.5. The van der Waals surface area contributed by atoms with Gasteiger partial charge in [-0.2, -0.15) is 0 Å². The summed E-state index contributed by atoms with van der Waals surface area (Å²) in [6.45, 7) is 6.23. The monoisotopic (exact) mass is 432 g/mol. The molecule has 1 aromatic heterocycles. The predicted octanol–water partition coefficient (Wildman–Crippen LogP) is 3.70. The second-order valence-corrected chi connectivity index (χ2v) is 8.86. The summed E-state index contributed by atoms with van der Waals surface area (Å²) in [5, 5.41) is 12.0. The molecule has 1 atom stereocenters. The number of hydrogen-bond acceptors (Lipinski definition) is 5. The fraction of sp³-hybridized carbons (Fsp3) is 0.455. The average molecular weight is 433 g/mol. The number of carbonyl (C=O) groups is 1. The zero-order valence-corrected chi connectivity index (χ0v) is 18.0. The third-order valence-electron chi connectivity index (χ3n) is 5.99. The molecule has 160 valence electrons. The summed E-state index contributed by atoms with van der Waals surface area (Å²) >= 11 is 6.52. The van der Waals surface area contributed by atoms with E-state index in [0.29, 0.717) is 29.7 Å². The molecule has 30 heavy (non-hydrogen) atoms. The predicted molar refractivity (Wildman–Crippen MR) is 114 cm³/mol. The third-order valence-corrected chi connectivity index (χ3v) is 6.28. The zero-order valence-electron chi connectivity index (χ0n) is 17.3. The number of pyridine rings is 1. The van der Waals surface area contributed by atoms with Crippen LogP contribution in [0.3, 0.4) is 0 Å². The fourth-order valence-corrected chi connectivity index (χ4v) is 4.71. The summed E-state index contributed by atoms with van der Waals surface area (Å²) in [6, 6.07) is 5.18. The lowest BCUT2D eigenvalue weighted by atomic mass is 9.78. The Bertz CT molecular complexity index is 1060. The highest BCUT2D eigenvalue weighted by atomic mass is 35.5. The highest BCUT2D eigenvalue weighted by molar-refractivity contribution is 6.32. The van der Waals surface area contributed by atoms with Crippen molar-refractivity contribution in [1.29, 1.82) is 0 Å². The van der Waals surface area contributed by atoms with Crippen LogP contribution in [0, 0.1) is 5.41 Å². The Balaban J connectivity index is 1.87. The number of carboxylic acid groups (broad SMARTS) is 1. The summed E-state index contributed by atoms with van der Waals surface area (Å²) in [4.78, 5) is 24.0. The highest BCUT2D eigenvalue weighted by Gasteiger charge is 2.46. The second kappa shape index (κ2) is 7.63. The molecule has 1 aromatic carbocycles. The van der Waals surface area contributed by atoms with E-state index in [2.05, 4.69) is 18.9 Å². The number of nitrogens with zero attached hydrogens (tertiary/aromatic N) is 2. The molecule has 3 heterocycles. The van der Waals surface area contributed by atoms with Crippen molar-refractivity contribution in [2.24, 2.45) is 5.41 Å². The summed E-state index contributed by atoms with van der Waals surface area (Å²) in [5.41, 5.74) is 1.69. The lowest BCUT2D eigenvalue weighted by Gasteiger charge is -2.42. The maximum atomic E-state index is 12.4. The maximum absolute atomic E-state index is 12.4. The van der Waals surface area contributed by atoms with Crippen LogP contribution in [0.1, 0.15) is 48.7 Å². The Morgan fingerprint density at radius 1 is 1.30 bits per heavy atom. The Labute approximate surface area is 179 Å². The first-order valence-electron chi connectivity index (χ1n) is 9.97. The summed E-state index contributed by atoms with van der Waals surface area (Å²) < 4.78 is 12.8. The summed E-state index contributed by atoms with van der Waals surface area (Å²) in [6.07, 6.45) is 3.11. The topological polar surface area (TPSA) is 81.0 Å². The van der Waals surface area contributed by atoms with Crippen molar-refractivity contribution in [2.75, 3.05) is 31.9 Å². The molecule has 2 aliphatic heterocycles. The van der Waals surface area contributed by atoms with Crippen molar-refractivity contribution in [1.82, 2.24) is 4.68 Å². The number of ether oxygens (including phenoxy) is 2. The van der Waals surface area contributed by atoms with E-state index in [1.807, 2.05) is 16.8 Å². The van der Waals surface area contributed by atoms with Crippen molar-refractivity contribution in [2.45, 2.75) is 32.7 Å². The van der Waals surface area contributed by atoms with Crippen molar-refractivity contribution in [3.63, 3.8) is 0 Å². The molecule has 0 unspecified atom stereocenters. The molecular formula is C22H25ClN2O5. The van der Waals surface area contributed by atoms with E-state index in [1.54, 1.807) is 7.11 Å². The molecule has 1 saturated heterocycles. The quantitative estimate of drug-likeness (QED) is 0.701. The summed E-state index contributed by atoms with van der Waals surface area (Å²) in [7, 11) is 1.65. The van der Waals surface area contributed by atoms with Gasteiger partial charge in [0.25, 0.3) is 0 Å². The standard InChI is InChI=1S/C22H25ClN2O5/c1-22(2)5-6-24-20(22)14-10-19(30-8-4-7-29-3)16(23)9-13(14)17-11-18(26)15(21(27)28)12-25(17)24/h9-12,20H,4-8H2,1-3H3,(H,27,28)/t20-/m1/s1. The molecule has 7 nitrogen and oxygen atoms in total. The Morgan fingerprint density at radius 2 is 2.07 bits per heavy atom. The van der Waals surface area contributed by atoms with Gasteiger partial charge in [-0.05, 0) is 29.5 Å². The fourth-order valence-electron chi connectivity index (χ4n) is 4.50. The highest BCUT2D eigenvalue weighted by Crippen LogP contribution is 2.52. The molecule has 0 saturated carbocycles. The van der Waals surface area contributed by atoms with Gasteiger partial charge >= 0.3 is 5.97 Å². The minimum Gasteiger partial charge on any atom is -0.492 e. The van der Waals surface area contributed by atoms with Gasteiger partial charge in [0, 0.05) is 44.5 Å². The van der Waals surface area contributed by atoms with E-state index >= 15 is 0 Å². The van der Waals surface area contributed by atoms with Crippen LogP contribution in [0.2, 0.25) is 5.02 Å². The van der Waals surface area contributed by atoms with E-state index < -0.39 is 11.4 Å². The molecule has 0 radical (unpaired) electrons. The van der Waals surface area contributed by atoms with Gasteiger partial charge in [-0.15, -0.1) is 0 Å². The molecule has 8 heteroatoms. The molecule has 0 bridgehead atoms. The number of halogens is 1. The molecule has 0 amide bonds. The lowest BCUT2D eigenvalue weighted by Crippen LogP contribution is -2.42. The molecule has 0 spiro atoms. The lowest BCUT2D eigenvalue weighted by molar-refractivity contribution is 0.0694. The van der Waals surface area contributed by atoms with Gasteiger partial charge in [0.1, 0.15) is 11.3 Å². The third kappa shape index (κ3) is 3.36. The number of carboxylic acids is 1. The van der Waals surface area contributed by atoms with Crippen LogP contribution in [0.25, 0.3) is 11.3 Å². The van der Waals surface area contributed by atoms with Crippen LogP contribution in [0.4, 0.5) is 0 Å². The minimum atomic E-state index is -1.23. The van der Waals surface area contributed by atoms with Crippen molar-refractivity contribution in [3.05, 3.63) is 50.8 Å². The van der Waals surface area contributed by atoms with E-state index in [9.17, 15) is 14.7 Å². The van der Waals surface area contributed by atoms with E-state index in [0.717, 1.165) is 30.5 Å². The molecule has 1 fully saturated rings. The average Bonchev–Trinajstić information content (AvgIpc) is 3.01. The molecule has 2 aliphatic rings. The van der Waals surface area contributed by atoms with E-state index in [1.165, 1.54) is 12.3 Å². The number of fused-ring (bicyclic) bond motifs is 6. The Kier molecular flexibility index (Phi) is 5.28. The van der Waals surface area contributed by atoms with E-state index in [4.69, 9.17) is 21.1 Å². The van der Waals surface area contributed by atoms with Gasteiger partial charge in [0.15, 0.2) is 5.43 Å². The molecular weight excluding hydrogens is 408 g/mol. The van der Waals surface area contributed by atoms with Crippen LogP contribution in [0.15, 0.2) is 29.2 Å². The second-order valence-electron chi connectivity index (χ2n) is 8.46. The van der Waals surface area contributed by atoms with Gasteiger partial charge < -0.3 is 19.6 Å². The van der Waals surface area contributed by atoms with Crippen molar-refractivity contribution < 1.29 is 19.4 Å². The van der Waals surface area contributed by atoms with Crippen LogP contribution >= 0.6 is 11.6 Å². The number of aromatic nitrogens is 1. The molecule has 1 N–H and O–H groups in total. The van der Waals surface area contributed by atoms with Crippen molar-refractivity contribution in [3.8, 4) is 17.0 Å². The van der Waals surface area contributed by atoms with Gasteiger partial charge in [-0.1, -0.05) is 25.4 Å². The van der Waals surface area contributed by atoms with Gasteiger partial charge in [0.2, 0.25) is 0 Å². The van der Waals surface area contributed by atoms with Gasteiger partial charge in [-0.3, -0.25) is 9.47 Å². The number of rotatable bonds is 6. The number of aromatic carboxylic acids is 1. The molecule has 2 aromatic rings. The van der Waals surface area contributed by atoms with Crippen LogP contribution < -0.4 is 15.2 Å². The van der Waals surface area contributed by atoms with Gasteiger partial charge in [-0.25, -0.2) is 4.79 Å². The largest absolute Gasteiger partial charge is 0.492 e. The molecule has 0 aliphatic carbocycles. The number of benzene rings is 1. The minimum absolute atomic E-state index is 0.00254. The Morgan fingerprint density at radius 3 is 2.77 bits per heavy atom. The molecule has 4 rings (SSSR count). The van der Waals surface area contributed by atoms with Crippen molar-refractivity contribution >= 4 is 17.6 Å². The first kappa shape index (κ1) is 20.8. The number of methoxy groups -OCH3 is 1. The Hall–Kier alpha value is -2.51. The zero-order chi connectivity index (χ0) is 21.6. The first-order chi connectivity index (χ1) is 14.2. The first-order valence-corrected chi connectivity index (χ1v) is 10.3. The maximum Gasteiger partial charge on any atom is 0.341 e. The summed E-state index contributed by atoms with van der Waals surface area (Å²) in [5.74, 6) is -0.624. The smallest absolute Gasteiger partial charge is 0.341 e.